The molecule has 0 aliphatic carbocycles. The summed E-state index contributed by atoms with van der Waals surface area (Å²) in [6.07, 6.45) is 2.16. The highest BCUT2D eigenvalue weighted by Crippen LogP contribution is 2.37. The lowest BCUT2D eigenvalue weighted by molar-refractivity contribution is -0.119. The molecule has 0 atom stereocenters. The van der Waals surface area contributed by atoms with E-state index in [1.807, 2.05) is 36.4 Å². The van der Waals surface area contributed by atoms with Gasteiger partial charge in [-0.05, 0) is 43.0 Å². The third-order valence-corrected chi connectivity index (χ3v) is 7.95. The van der Waals surface area contributed by atoms with E-state index in [2.05, 4.69) is 35.6 Å². The molecule has 0 aliphatic heterocycles. The highest BCUT2D eigenvalue weighted by atomic mass is 35.5. The molecule has 0 radical (unpaired) electrons. The van der Waals surface area contributed by atoms with Gasteiger partial charge in [0.15, 0.2) is 5.13 Å². The molecule has 0 fully saturated rings. The van der Waals surface area contributed by atoms with E-state index in [0.717, 1.165) is 35.0 Å². The van der Waals surface area contributed by atoms with Crippen molar-refractivity contribution in [1.29, 1.82) is 0 Å². The number of benzene rings is 2. The molecule has 3 aromatic rings. The minimum Gasteiger partial charge on any atom is -0.343 e. The number of thiazole rings is 1. The van der Waals surface area contributed by atoms with Crippen molar-refractivity contribution in [2.75, 3.05) is 23.7 Å². The predicted octanol–water partition coefficient (Wildman–Crippen LogP) is 6.83. The van der Waals surface area contributed by atoms with Crippen LogP contribution in [0.1, 0.15) is 37.1 Å². The lowest BCUT2D eigenvalue weighted by atomic mass is 10.0. The second kappa shape index (κ2) is 14.1. The molecule has 3 N–H and O–H groups in total. The van der Waals surface area contributed by atoms with Crippen LogP contribution in [0.5, 0.6) is 0 Å². The van der Waals surface area contributed by atoms with Crippen LogP contribution < -0.4 is 15.4 Å². The first-order valence-electron chi connectivity index (χ1n) is 11.7. The number of hydrogen-bond donors (Lipinski definition) is 2. The molecule has 0 bridgehead atoms. The molecule has 0 unspecified atom stereocenters. The standard InChI is InChI=1S/C26H32Cl2N4OS2/c1-18(2)15-23-25(20-9-10-21(27)22(28)16-20)30-26(35-23)32(17-19-7-4-3-5-8-19)13-11-24(33)31-34-14-6-12-29/h3-5,7-10,16,18H,6,11-15,17,29H2,1-2H3,(H,31,33). The maximum atomic E-state index is 12.5. The number of nitrogens with zero attached hydrogens (tertiary/aromatic N) is 2. The van der Waals surface area contributed by atoms with Gasteiger partial charge < -0.3 is 15.4 Å². The molecule has 0 saturated heterocycles. The zero-order valence-corrected chi connectivity index (χ0v) is 23.2. The fraction of sp³-hybridized carbons (Fsp3) is 0.385. The number of rotatable bonds is 13. The Hall–Kier alpha value is -1.77. The molecule has 0 spiro atoms. The molecule has 35 heavy (non-hydrogen) atoms. The Morgan fingerprint density at radius 3 is 2.63 bits per heavy atom. The van der Waals surface area contributed by atoms with E-state index in [1.54, 1.807) is 11.3 Å². The van der Waals surface area contributed by atoms with Crippen molar-refractivity contribution in [2.24, 2.45) is 11.7 Å². The zero-order valence-electron chi connectivity index (χ0n) is 20.1. The lowest BCUT2D eigenvalue weighted by Gasteiger charge is -2.22. The number of nitrogens with one attached hydrogen (secondary N) is 1. The monoisotopic (exact) mass is 550 g/mol. The number of anilines is 1. The summed E-state index contributed by atoms with van der Waals surface area (Å²) in [5.41, 5.74) is 8.58. The number of hydrogen-bond acceptors (Lipinski definition) is 6. The Balaban J connectivity index is 1.86. The van der Waals surface area contributed by atoms with Gasteiger partial charge in [0.1, 0.15) is 0 Å². The van der Waals surface area contributed by atoms with Crippen molar-refractivity contribution in [2.45, 2.75) is 39.7 Å². The average molecular weight is 552 g/mol. The first-order valence-corrected chi connectivity index (χ1v) is 14.3. The van der Waals surface area contributed by atoms with Gasteiger partial charge in [0.25, 0.3) is 0 Å². The van der Waals surface area contributed by atoms with Gasteiger partial charge >= 0.3 is 0 Å². The molecule has 1 heterocycles. The maximum absolute atomic E-state index is 12.5. The van der Waals surface area contributed by atoms with Gasteiger partial charge in [-0.3, -0.25) is 4.79 Å². The minimum absolute atomic E-state index is 0.00810. The molecular weight excluding hydrogens is 519 g/mol. The van der Waals surface area contributed by atoms with Crippen molar-refractivity contribution < 1.29 is 4.79 Å². The quantitative estimate of drug-likeness (QED) is 0.180. The lowest BCUT2D eigenvalue weighted by Crippen LogP contribution is -2.28. The van der Waals surface area contributed by atoms with Crippen molar-refractivity contribution in [3.05, 3.63) is 69.0 Å². The maximum Gasteiger partial charge on any atom is 0.231 e. The summed E-state index contributed by atoms with van der Waals surface area (Å²) in [4.78, 5) is 20.9. The van der Waals surface area contributed by atoms with Crippen molar-refractivity contribution in [3.63, 3.8) is 0 Å². The predicted molar refractivity (Wildman–Crippen MR) is 152 cm³/mol. The van der Waals surface area contributed by atoms with Crippen LogP contribution in [-0.2, 0) is 17.8 Å². The fourth-order valence-electron chi connectivity index (χ4n) is 3.47. The SMILES string of the molecule is CC(C)Cc1sc(N(CCC(=O)NSCCCN)Cc2ccccc2)nc1-c1ccc(Cl)c(Cl)c1. The molecule has 188 valence electrons. The number of carbonyl (C=O) groups is 1. The summed E-state index contributed by atoms with van der Waals surface area (Å²) in [7, 11) is 0. The van der Waals surface area contributed by atoms with E-state index in [0.29, 0.717) is 42.0 Å². The Bertz CT molecular complexity index is 1090. The van der Waals surface area contributed by atoms with E-state index in [1.165, 1.54) is 22.4 Å². The third-order valence-electron chi connectivity index (χ3n) is 5.20. The highest BCUT2D eigenvalue weighted by Gasteiger charge is 2.20. The Morgan fingerprint density at radius 1 is 1.17 bits per heavy atom. The van der Waals surface area contributed by atoms with Crippen LogP contribution in [0, 0.1) is 5.92 Å². The molecule has 0 aliphatic rings. The summed E-state index contributed by atoms with van der Waals surface area (Å²) in [6, 6.07) is 15.9. The summed E-state index contributed by atoms with van der Waals surface area (Å²) >= 11 is 15.6. The van der Waals surface area contributed by atoms with Gasteiger partial charge in [-0.15, -0.1) is 11.3 Å². The van der Waals surface area contributed by atoms with Gasteiger partial charge in [-0.2, -0.15) is 0 Å². The number of nitrogens with two attached hydrogens (primary N) is 1. The van der Waals surface area contributed by atoms with Gasteiger partial charge in [0.2, 0.25) is 5.91 Å². The van der Waals surface area contributed by atoms with Crippen molar-refractivity contribution >= 4 is 57.5 Å². The van der Waals surface area contributed by atoms with E-state index in [9.17, 15) is 4.79 Å². The van der Waals surface area contributed by atoms with Crippen molar-refractivity contribution in [1.82, 2.24) is 9.71 Å². The molecule has 3 rings (SSSR count). The van der Waals surface area contributed by atoms with E-state index in [4.69, 9.17) is 33.9 Å². The van der Waals surface area contributed by atoms with Crippen LogP contribution in [0.3, 0.4) is 0 Å². The van der Waals surface area contributed by atoms with Crippen LogP contribution in [0.2, 0.25) is 10.0 Å². The highest BCUT2D eigenvalue weighted by molar-refractivity contribution is 7.97. The smallest absolute Gasteiger partial charge is 0.231 e. The van der Waals surface area contributed by atoms with Crippen LogP contribution >= 0.6 is 46.5 Å². The van der Waals surface area contributed by atoms with Crippen LogP contribution in [-0.4, -0.2) is 29.7 Å². The third kappa shape index (κ3) is 8.69. The molecule has 1 amide bonds. The Labute approximate surface area is 226 Å². The minimum atomic E-state index is 0.00810. The number of halogens is 2. The van der Waals surface area contributed by atoms with E-state index in [-0.39, 0.29) is 5.91 Å². The average Bonchev–Trinajstić information content (AvgIpc) is 3.24. The van der Waals surface area contributed by atoms with Gasteiger partial charge in [0, 0.05) is 35.7 Å². The molecule has 9 heteroatoms. The number of aromatic nitrogens is 1. The topological polar surface area (TPSA) is 71.2 Å². The number of amides is 1. The number of carbonyl (C=O) groups excluding carboxylic acids is 1. The van der Waals surface area contributed by atoms with Gasteiger partial charge in [-0.1, -0.05) is 85.4 Å². The van der Waals surface area contributed by atoms with E-state index < -0.39 is 0 Å². The second-order valence-electron chi connectivity index (χ2n) is 8.67. The largest absolute Gasteiger partial charge is 0.343 e. The van der Waals surface area contributed by atoms with Gasteiger partial charge in [-0.25, -0.2) is 4.98 Å². The summed E-state index contributed by atoms with van der Waals surface area (Å²) in [5.74, 6) is 1.30. The van der Waals surface area contributed by atoms with Crippen LogP contribution in [0.15, 0.2) is 48.5 Å². The zero-order chi connectivity index (χ0) is 25.2. The molecule has 1 aromatic heterocycles. The van der Waals surface area contributed by atoms with Crippen LogP contribution in [0.25, 0.3) is 11.3 Å². The first kappa shape index (κ1) is 27.8. The summed E-state index contributed by atoms with van der Waals surface area (Å²) in [6.45, 7) is 6.26. The molecule has 5 nitrogen and oxygen atoms in total. The van der Waals surface area contributed by atoms with Gasteiger partial charge in [0.05, 0.1) is 15.7 Å². The molecular formula is C26H32Cl2N4OS2. The van der Waals surface area contributed by atoms with E-state index >= 15 is 0 Å². The first-order chi connectivity index (χ1) is 16.9. The molecule has 0 saturated carbocycles. The Kier molecular flexibility index (Phi) is 11.2. The normalized spacial score (nSPS) is 11.1. The molecule has 2 aromatic carbocycles. The second-order valence-corrected chi connectivity index (χ2v) is 11.4. The van der Waals surface area contributed by atoms with Crippen LogP contribution in [0.4, 0.5) is 5.13 Å². The van der Waals surface area contributed by atoms with Crippen molar-refractivity contribution in [3.8, 4) is 11.3 Å². The summed E-state index contributed by atoms with van der Waals surface area (Å²) < 4.78 is 2.92. The Morgan fingerprint density at radius 2 is 1.94 bits per heavy atom. The summed E-state index contributed by atoms with van der Waals surface area (Å²) in [5, 5.41) is 1.94. The fourth-order valence-corrected chi connectivity index (χ4v) is 5.77.